The molecule has 0 fully saturated rings. The highest BCUT2D eigenvalue weighted by molar-refractivity contribution is 7.85. The molecule has 212 valence electrons. The largest absolute Gasteiger partial charge is 0.756 e. The van der Waals surface area contributed by atoms with Crippen molar-refractivity contribution in [2.45, 2.75) is 116 Å². The molecule has 0 aliphatic carbocycles. The smallest absolute Gasteiger partial charge is 0.265 e. The number of likely N-dealkylation sites (N-methyl/N-ethyl adjacent to an activating group) is 1. The Balaban J connectivity index is 4.08. The van der Waals surface area contributed by atoms with Crippen LogP contribution in [0.4, 0.5) is 0 Å². The third-order valence-corrected chi connectivity index (χ3v) is 8.89. The van der Waals surface area contributed by atoms with Crippen LogP contribution in [-0.4, -0.2) is 72.1 Å². The van der Waals surface area contributed by atoms with E-state index in [1.54, 1.807) is 7.11 Å². The van der Waals surface area contributed by atoms with Gasteiger partial charge in [0.25, 0.3) is 7.82 Å². The first-order valence-corrected chi connectivity index (χ1v) is 16.8. The predicted molar refractivity (Wildman–Crippen MR) is 146 cm³/mol. The Labute approximate surface area is 219 Å². The number of hydrogen-bond acceptors (Lipinski definition) is 5. The molecule has 0 saturated heterocycles. The molecule has 5 unspecified atom stereocenters. The molecule has 7 nitrogen and oxygen atoms in total. The molecule has 1 N–H and O–H groups in total. The van der Waals surface area contributed by atoms with E-state index >= 15 is 0 Å². The van der Waals surface area contributed by atoms with Crippen LogP contribution in [0.5, 0.6) is 0 Å². The molecule has 35 heavy (non-hydrogen) atoms. The van der Waals surface area contributed by atoms with Gasteiger partial charge in [0.05, 0.1) is 33.0 Å². The van der Waals surface area contributed by atoms with Gasteiger partial charge in [-0.25, -0.2) is 0 Å². The van der Waals surface area contributed by atoms with Crippen molar-refractivity contribution in [2.24, 2.45) is 5.92 Å². The van der Waals surface area contributed by atoms with Crippen molar-refractivity contribution >= 4 is 18.6 Å². The van der Waals surface area contributed by atoms with E-state index in [1.807, 2.05) is 28.1 Å². The van der Waals surface area contributed by atoms with Crippen molar-refractivity contribution in [3.05, 3.63) is 0 Å². The Bertz CT molecular complexity index is 581. The fourth-order valence-corrected chi connectivity index (χ4v) is 6.50. The summed E-state index contributed by atoms with van der Waals surface area (Å²) in [5.41, 5.74) is 0. The molecule has 0 rings (SSSR count). The van der Waals surface area contributed by atoms with Crippen LogP contribution in [0.1, 0.15) is 104 Å². The summed E-state index contributed by atoms with van der Waals surface area (Å²) in [6.07, 6.45) is 17.9. The van der Waals surface area contributed by atoms with Gasteiger partial charge in [-0.05, 0) is 6.42 Å². The van der Waals surface area contributed by atoms with Gasteiger partial charge in [-0.15, -0.1) is 0 Å². The van der Waals surface area contributed by atoms with Gasteiger partial charge in [0, 0.05) is 29.6 Å². The minimum Gasteiger partial charge on any atom is -0.756 e. The van der Waals surface area contributed by atoms with Crippen LogP contribution < -0.4 is 4.89 Å². The summed E-state index contributed by atoms with van der Waals surface area (Å²) >= 11 is 0. The third-order valence-electron chi connectivity index (χ3n) is 6.98. The van der Waals surface area contributed by atoms with Crippen LogP contribution in [0, 0.1) is 5.92 Å². The summed E-state index contributed by atoms with van der Waals surface area (Å²) in [5, 5.41) is 0. The lowest BCUT2D eigenvalue weighted by Crippen LogP contribution is -2.54. The first-order valence-electron chi connectivity index (χ1n) is 13.8. The Morgan fingerprint density at radius 1 is 0.886 bits per heavy atom. The van der Waals surface area contributed by atoms with E-state index < -0.39 is 18.6 Å². The normalized spacial score (nSPS) is 17.6. The van der Waals surface area contributed by atoms with Gasteiger partial charge >= 0.3 is 0 Å². The zero-order valence-corrected chi connectivity index (χ0v) is 25.3. The van der Waals surface area contributed by atoms with E-state index in [9.17, 15) is 13.7 Å². The number of rotatable bonds is 24. The van der Waals surface area contributed by atoms with Crippen molar-refractivity contribution < 1.29 is 32.3 Å². The molecule has 0 saturated carbocycles. The lowest BCUT2D eigenvalue weighted by Gasteiger charge is -2.40. The van der Waals surface area contributed by atoms with Gasteiger partial charge < -0.3 is 23.5 Å². The molecular weight excluding hydrogens is 485 g/mol. The summed E-state index contributed by atoms with van der Waals surface area (Å²) in [7, 11) is 1.64. The molecule has 0 aromatic rings. The highest BCUT2D eigenvalue weighted by atomic mass is 32.2. The molecule has 0 aromatic heterocycles. The number of hydrogen-bond donors (Lipinski definition) is 1. The molecule has 0 amide bonds. The fourth-order valence-electron chi connectivity index (χ4n) is 4.66. The van der Waals surface area contributed by atoms with E-state index in [0.717, 1.165) is 12.8 Å². The molecule has 0 aliphatic rings. The summed E-state index contributed by atoms with van der Waals surface area (Å²) in [6.45, 7) is 4.08. The second-order valence-electron chi connectivity index (χ2n) is 11.0. The second-order valence-corrected chi connectivity index (χ2v) is 13.8. The van der Waals surface area contributed by atoms with E-state index in [0.29, 0.717) is 16.0 Å². The van der Waals surface area contributed by atoms with E-state index in [2.05, 4.69) is 6.92 Å². The van der Waals surface area contributed by atoms with Gasteiger partial charge in [0.15, 0.2) is 0 Å². The van der Waals surface area contributed by atoms with E-state index in [-0.39, 0.29) is 24.7 Å². The summed E-state index contributed by atoms with van der Waals surface area (Å²) < 4.78 is 34.6. The minimum atomic E-state index is -4.80. The van der Waals surface area contributed by atoms with Gasteiger partial charge in [-0.1, -0.05) is 97.3 Å². The number of nitrogens with zero attached hydrogens (tertiary/aromatic N) is 1. The highest BCUT2D eigenvalue weighted by Gasteiger charge is 2.36. The monoisotopic (exact) mass is 541 g/mol. The van der Waals surface area contributed by atoms with Gasteiger partial charge in [0.1, 0.15) is 12.6 Å². The van der Waals surface area contributed by atoms with Crippen molar-refractivity contribution in [3.8, 4) is 0 Å². The maximum Gasteiger partial charge on any atom is 0.265 e. The lowest BCUT2D eigenvalue weighted by molar-refractivity contribution is -0.900. The summed E-state index contributed by atoms with van der Waals surface area (Å²) in [6, 6.07) is -0.243. The first kappa shape index (κ1) is 35.2. The number of unbranched alkanes of at least 4 members (excludes halogenated alkanes) is 13. The SMILES string of the molecule is CCCCCCCCCCCCCCCCS(=O)CC(OC)C(C)C(COP(=O)([O-])O)[N+](C)(C)C. The highest BCUT2D eigenvalue weighted by Crippen LogP contribution is 2.33. The Kier molecular flexibility index (Phi) is 20.3. The fraction of sp³-hybridized carbons (Fsp3) is 1.00. The molecule has 0 radical (unpaired) electrons. The topological polar surface area (TPSA) is 95.9 Å². The maximum atomic E-state index is 12.7. The Morgan fingerprint density at radius 2 is 1.31 bits per heavy atom. The zero-order chi connectivity index (χ0) is 26.7. The van der Waals surface area contributed by atoms with Gasteiger partial charge in [-0.2, -0.15) is 0 Å². The number of phosphoric ester groups is 1. The van der Waals surface area contributed by atoms with E-state index in [4.69, 9.17) is 14.2 Å². The minimum absolute atomic E-state index is 0.105. The standard InChI is InChI=1S/C26H56NO6PS/c1-7-8-9-10-11-12-13-14-15-16-17-18-19-20-21-35(31)23-26(32-6)24(2)25(27(3,4)5)22-33-34(28,29)30/h24-26H,7-23H2,1-6H3,(H-,28,29,30). The molecule has 0 heterocycles. The zero-order valence-electron chi connectivity index (χ0n) is 23.5. The molecule has 0 aliphatic heterocycles. The Hall–Kier alpha value is 0.180. The predicted octanol–water partition coefficient (Wildman–Crippen LogP) is 5.42. The number of phosphoric acid groups is 1. The molecular formula is C26H56NO6PS. The summed E-state index contributed by atoms with van der Waals surface area (Å²) in [4.78, 5) is 20.1. The van der Waals surface area contributed by atoms with Crippen molar-refractivity contribution in [1.82, 2.24) is 0 Å². The van der Waals surface area contributed by atoms with Crippen LogP contribution >= 0.6 is 7.82 Å². The quantitative estimate of drug-likeness (QED) is 0.0996. The third kappa shape index (κ3) is 19.9. The summed E-state index contributed by atoms with van der Waals surface area (Å²) in [5.74, 6) is 0.982. The average molecular weight is 542 g/mol. The first-order chi connectivity index (χ1) is 16.4. The van der Waals surface area contributed by atoms with Crippen LogP contribution in [-0.2, 0) is 24.6 Å². The van der Waals surface area contributed by atoms with Crippen molar-refractivity contribution in [1.29, 1.82) is 0 Å². The average Bonchev–Trinajstić information content (AvgIpc) is 2.75. The molecule has 9 heteroatoms. The number of quaternary nitrogens is 1. The van der Waals surface area contributed by atoms with Crippen molar-refractivity contribution in [2.75, 3.05) is 46.4 Å². The molecule has 5 atom stereocenters. The van der Waals surface area contributed by atoms with Gasteiger partial charge in [-0.3, -0.25) is 8.77 Å². The Morgan fingerprint density at radius 3 is 1.69 bits per heavy atom. The number of ether oxygens (including phenoxy) is 1. The molecule has 0 spiro atoms. The van der Waals surface area contributed by atoms with Crippen LogP contribution in [0.2, 0.25) is 0 Å². The molecule has 0 aromatic carbocycles. The van der Waals surface area contributed by atoms with Crippen LogP contribution in [0.25, 0.3) is 0 Å². The van der Waals surface area contributed by atoms with Crippen LogP contribution in [0.15, 0.2) is 0 Å². The number of methoxy groups -OCH3 is 1. The van der Waals surface area contributed by atoms with Crippen LogP contribution in [0.3, 0.4) is 0 Å². The molecule has 0 bridgehead atoms. The second kappa shape index (κ2) is 20.2. The maximum absolute atomic E-state index is 12.7. The lowest BCUT2D eigenvalue weighted by atomic mass is 9.95. The van der Waals surface area contributed by atoms with Crippen molar-refractivity contribution in [3.63, 3.8) is 0 Å². The van der Waals surface area contributed by atoms with Gasteiger partial charge in [0.2, 0.25) is 0 Å². The van der Waals surface area contributed by atoms with E-state index in [1.165, 1.54) is 77.0 Å².